The van der Waals surface area contributed by atoms with E-state index >= 15 is 0 Å². The van der Waals surface area contributed by atoms with Crippen molar-refractivity contribution in [1.29, 1.82) is 5.26 Å². The predicted octanol–water partition coefficient (Wildman–Crippen LogP) is 2.14. The van der Waals surface area contributed by atoms with Crippen LogP contribution in [0, 0.1) is 17.1 Å². The lowest BCUT2D eigenvalue weighted by molar-refractivity contribution is -0.117. The number of hydrogen-bond donors (Lipinski definition) is 1. The molecule has 5 heteroatoms. The highest BCUT2D eigenvalue weighted by atomic mass is 19.1. The van der Waals surface area contributed by atoms with Crippen LogP contribution >= 0.6 is 0 Å². The summed E-state index contributed by atoms with van der Waals surface area (Å²) < 4.78 is 13.0. The van der Waals surface area contributed by atoms with Gasteiger partial charge in [0.05, 0.1) is 12.6 Å². The molecule has 19 heavy (non-hydrogen) atoms. The second-order valence-electron chi connectivity index (χ2n) is 4.67. The van der Waals surface area contributed by atoms with Crippen molar-refractivity contribution < 1.29 is 9.18 Å². The standard InChI is InChI=1S/C14H16FN3O/c15-11-3-1-4-12(9-11)17-14(19)10-18(8-2-7-16)13-5-6-13/h1,3-4,9,13H,2,5-6,8,10H2,(H,17,19). The second-order valence-corrected chi connectivity index (χ2v) is 4.67. The SMILES string of the molecule is N#CCCN(CC(=O)Nc1cccc(F)c1)C1CC1. The lowest BCUT2D eigenvalue weighted by Gasteiger charge is -2.19. The van der Waals surface area contributed by atoms with Gasteiger partial charge in [-0.1, -0.05) is 6.07 Å². The maximum atomic E-state index is 13.0. The number of nitrogens with one attached hydrogen (secondary N) is 1. The summed E-state index contributed by atoms with van der Waals surface area (Å²) in [6, 6.07) is 8.34. The van der Waals surface area contributed by atoms with E-state index < -0.39 is 0 Å². The van der Waals surface area contributed by atoms with Crippen LogP contribution in [0.2, 0.25) is 0 Å². The average molecular weight is 261 g/mol. The molecule has 0 unspecified atom stereocenters. The first kappa shape index (κ1) is 13.5. The molecule has 0 saturated heterocycles. The van der Waals surface area contributed by atoms with Gasteiger partial charge in [-0.25, -0.2) is 4.39 Å². The first-order valence-corrected chi connectivity index (χ1v) is 6.35. The highest BCUT2D eigenvalue weighted by Gasteiger charge is 2.29. The quantitative estimate of drug-likeness (QED) is 0.853. The van der Waals surface area contributed by atoms with E-state index in [1.165, 1.54) is 12.1 Å². The third-order valence-electron chi connectivity index (χ3n) is 3.03. The van der Waals surface area contributed by atoms with Crippen LogP contribution < -0.4 is 5.32 Å². The fourth-order valence-corrected chi connectivity index (χ4v) is 1.98. The number of carbonyl (C=O) groups excluding carboxylic acids is 1. The zero-order valence-electron chi connectivity index (χ0n) is 10.6. The topological polar surface area (TPSA) is 56.1 Å². The first-order valence-electron chi connectivity index (χ1n) is 6.35. The molecule has 0 atom stereocenters. The van der Waals surface area contributed by atoms with Gasteiger partial charge in [0.25, 0.3) is 0 Å². The Morgan fingerprint density at radius 2 is 2.32 bits per heavy atom. The number of amides is 1. The van der Waals surface area contributed by atoms with Crippen molar-refractivity contribution in [3.63, 3.8) is 0 Å². The Bertz CT molecular complexity index is 494. The summed E-state index contributed by atoms with van der Waals surface area (Å²) in [5.41, 5.74) is 0.459. The van der Waals surface area contributed by atoms with E-state index in [-0.39, 0.29) is 18.3 Å². The molecule has 0 heterocycles. The van der Waals surface area contributed by atoms with E-state index in [1.54, 1.807) is 12.1 Å². The van der Waals surface area contributed by atoms with Crippen molar-refractivity contribution in [3.8, 4) is 6.07 Å². The van der Waals surface area contributed by atoms with Gasteiger partial charge in [-0.3, -0.25) is 9.69 Å². The van der Waals surface area contributed by atoms with Crippen LogP contribution in [0.4, 0.5) is 10.1 Å². The third-order valence-corrected chi connectivity index (χ3v) is 3.03. The van der Waals surface area contributed by atoms with Crippen molar-refractivity contribution in [1.82, 2.24) is 4.90 Å². The molecule has 1 amide bonds. The minimum Gasteiger partial charge on any atom is -0.325 e. The summed E-state index contributed by atoms with van der Waals surface area (Å²) in [6.07, 6.45) is 2.58. The summed E-state index contributed by atoms with van der Waals surface area (Å²) in [4.78, 5) is 13.9. The highest BCUT2D eigenvalue weighted by Crippen LogP contribution is 2.26. The van der Waals surface area contributed by atoms with E-state index in [2.05, 4.69) is 11.4 Å². The molecular weight excluding hydrogens is 245 g/mol. The summed E-state index contributed by atoms with van der Waals surface area (Å²) in [7, 11) is 0. The molecule has 4 nitrogen and oxygen atoms in total. The molecule has 1 aromatic rings. The van der Waals surface area contributed by atoms with Crippen molar-refractivity contribution in [2.24, 2.45) is 0 Å². The van der Waals surface area contributed by atoms with Gasteiger partial charge < -0.3 is 5.32 Å². The Balaban J connectivity index is 1.87. The van der Waals surface area contributed by atoms with Crippen LogP contribution in [-0.2, 0) is 4.79 Å². The summed E-state index contributed by atoms with van der Waals surface area (Å²) in [5.74, 6) is -0.545. The Hall–Kier alpha value is -1.93. The average Bonchev–Trinajstić information content (AvgIpc) is 3.18. The van der Waals surface area contributed by atoms with Gasteiger partial charge in [-0.2, -0.15) is 5.26 Å². The number of nitriles is 1. The van der Waals surface area contributed by atoms with E-state index in [1.807, 2.05) is 4.90 Å². The summed E-state index contributed by atoms with van der Waals surface area (Å²) in [5, 5.41) is 11.3. The van der Waals surface area contributed by atoms with Crippen LogP contribution in [0.15, 0.2) is 24.3 Å². The zero-order valence-corrected chi connectivity index (χ0v) is 10.6. The Morgan fingerprint density at radius 3 is 2.95 bits per heavy atom. The van der Waals surface area contributed by atoms with Gasteiger partial charge in [0.15, 0.2) is 0 Å². The number of anilines is 1. The van der Waals surface area contributed by atoms with Crippen molar-refractivity contribution in [3.05, 3.63) is 30.1 Å². The molecule has 1 aliphatic rings. The highest BCUT2D eigenvalue weighted by molar-refractivity contribution is 5.92. The number of halogens is 1. The van der Waals surface area contributed by atoms with Crippen molar-refractivity contribution in [2.45, 2.75) is 25.3 Å². The largest absolute Gasteiger partial charge is 0.325 e. The van der Waals surface area contributed by atoms with Gasteiger partial charge in [0, 0.05) is 24.7 Å². The van der Waals surface area contributed by atoms with E-state index in [9.17, 15) is 9.18 Å². The molecule has 1 fully saturated rings. The monoisotopic (exact) mass is 261 g/mol. The molecule has 1 aromatic carbocycles. The van der Waals surface area contributed by atoms with Crippen LogP contribution in [0.3, 0.4) is 0 Å². The maximum Gasteiger partial charge on any atom is 0.238 e. The van der Waals surface area contributed by atoms with Crippen molar-refractivity contribution >= 4 is 11.6 Å². The lowest BCUT2D eigenvalue weighted by atomic mass is 10.3. The number of benzene rings is 1. The molecule has 0 bridgehead atoms. The van der Waals surface area contributed by atoms with E-state index in [0.29, 0.717) is 24.7 Å². The summed E-state index contributed by atoms with van der Waals surface area (Å²) >= 11 is 0. The summed E-state index contributed by atoms with van der Waals surface area (Å²) in [6.45, 7) is 0.862. The minimum absolute atomic E-state index is 0.171. The van der Waals surface area contributed by atoms with Gasteiger partial charge in [0.1, 0.15) is 5.82 Å². The number of nitrogens with zero attached hydrogens (tertiary/aromatic N) is 2. The Kier molecular flexibility index (Phi) is 4.48. The molecule has 2 rings (SSSR count). The molecule has 0 spiro atoms. The van der Waals surface area contributed by atoms with Crippen LogP contribution in [-0.4, -0.2) is 29.9 Å². The van der Waals surface area contributed by atoms with Crippen LogP contribution in [0.1, 0.15) is 19.3 Å². The van der Waals surface area contributed by atoms with E-state index in [4.69, 9.17) is 5.26 Å². The van der Waals surface area contributed by atoms with Gasteiger partial charge in [-0.15, -0.1) is 0 Å². The fourth-order valence-electron chi connectivity index (χ4n) is 1.98. The molecule has 0 aliphatic heterocycles. The minimum atomic E-state index is -0.374. The third kappa shape index (κ3) is 4.34. The molecule has 1 N–H and O–H groups in total. The number of hydrogen-bond acceptors (Lipinski definition) is 3. The first-order chi connectivity index (χ1) is 9.19. The van der Waals surface area contributed by atoms with Crippen molar-refractivity contribution in [2.75, 3.05) is 18.4 Å². The fraction of sp³-hybridized carbons (Fsp3) is 0.429. The molecule has 0 radical (unpaired) electrons. The van der Waals surface area contributed by atoms with Gasteiger partial charge in [0.2, 0.25) is 5.91 Å². The normalized spacial score (nSPS) is 14.2. The molecule has 0 aromatic heterocycles. The Morgan fingerprint density at radius 1 is 1.53 bits per heavy atom. The zero-order chi connectivity index (χ0) is 13.7. The molecule has 1 saturated carbocycles. The Labute approximate surface area is 111 Å². The van der Waals surface area contributed by atoms with Gasteiger partial charge >= 0.3 is 0 Å². The smallest absolute Gasteiger partial charge is 0.238 e. The lowest BCUT2D eigenvalue weighted by Crippen LogP contribution is -2.35. The van der Waals surface area contributed by atoms with Crippen LogP contribution in [0.5, 0.6) is 0 Å². The predicted molar refractivity (Wildman–Crippen MR) is 69.9 cm³/mol. The van der Waals surface area contributed by atoms with E-state index in [0.717, 1.165) is 12.8 Å². The molecule has 1 aliphatic carbocycles. The van der Waals surface area contributed by atoms with Crippen LogP contribution in [0.25, 0.3) is 0 Å². The maximum absolute atomic E-state index is 13.0. The number of carbonyl (C=O) groups is 1. The second kappa shape index (κ2) is 6.30. The van der Waals surface area contributed by atoms with Gasteiger partial charge in [-0.05, 0) is 31.0 Å². The number of rotatable bonds is 6. The molecule has 100 valence electrons. The molecular formula is C14H16FN3O.